The highest BCUT2D eigenvalue weighted by molar-refractivity contribution is 6.33. The monoisotopic (exact) mass is 444 g/mol. The largest absolute Gasteiger partial charge is 0.355 e. The number of rotatable bonds is 3. The summed E-state index contributed by atoms with van der Waals surface area (Å²) in [4.78, 5) is 24.3. The van der Waals surface area contributed by atoms with E-state index in [4.69, 9.17) is 23.2 Å². The van der Waals surface area contributed by atoms with Crippen LogP contribution in [0.2, 0.25) is 10.2 Å². The SMILES string of the molecule is CC1(C)C[C@@H](C(=O)Nc2cnc(N3CCCC3)c(Cl)c2)c2cnc3cc(Cl)nn3c21. The Bertz CT molecular complexity index is 1150. The Balaban J connectivity index is 1.43. The molecule has 0 radical (unpaired) electrons. The zero-order valence-electron chi connectivity index (χ0n) is 16.8. The van der Waals surface area contributed by atoms with Gasteiger partial charge in [0, 0.05) is 36.3 Å². The summed E-state index contributed by atoms with van der Waals surface area (Å²) in [6.45, 7) is 6.14. The molecule has 9 heteroatoms. The first kappa shape index (κ1) is 19.6. The lowest BCUT2D eigenvalue weighted by Gasteiger charge is -2.20. The molecule has 0 saturated carbocycles. The van der Waals surface area contributed by atoms with Crippen LogP contribution in [0, 0.1) is 0 Å². The average molecular weight is 445 g/mol. The van der Waals surface area contributed by atoms with Gasteiger partial charge in [0.15, 0.2) is 10.8 Å². The molecule has 1 fully saturated rings. The molecule has 0 bridgehead atoms. The maximum absolute atomic E-state index is 13.2. The van der Waals surface area contributed by atoms with Gasteiger partial charge in [-0.3, -0.25) is 4.79 Å². The number of fused-ring (bicyclic) bond motifs is 3. The van der Waals surface area contributed by atoms with E-state index < -0.39 is 0 Å². The summed E-state index contributed by atoms with van der Waals surface area (Å²) in [6, 6.07) is 3.50. The third-order valence-electron chi connectivity index (χ3n) is 6.02. The molecule has 1 amide bonds. The molecule has 2 aliphatic rings. The van der Waals surface area contributed by atoms with E-state index in [1.54, 1.807) is 29.0 Å². The Morgan fingerprint density at radius 2 is 1.93 bits per heavy atom. The van der Waals surface area contributed by atoms with Gasteiger partial charge >= 0.3 is 0 Å². The van der Waals surface area contributed by atoms with Gasteiger partial charge in [0.1, 0.15) is 5.82 Å². The quantitative estimate of drug-likeness (QED) is 0.646. The number of nitrogens with one attached hydrogen (secondary N) is 1. The van der Waals surface area contributed by atoms with E-state index in [2.05, 4.69) is 39.1 Å². The van der Waals surface area contributed by atoms with Crippen LogP contribution in [-0.2, 0) is 10.2 Å². The molecule has 4 heterocycles. The number of aromatic nitrogens is 4. The van der Waals surface area contributed by atoms with Gasteiger partial charge in [0.25, 0.3) is 0 Å². The number of nitrogens with zero attached hydrogens (tertiary/aromatic N) is 5. The third-order valence-corrected chi connectivity index (χ3v) is 6.49. The molecule has 0 spiro atoms. The molecule has 1 saturated heterocycles. The molecule has 156 valence electrons. The minimum atomic E-state index is -0.341. The van der Waals surface area contributed by atoms with E-state index in [1.807, 2.05) is 0 Å². The first-order valence-electron chi connectivity index (χ1n) is 10.1. The highest BCUT2D eigenvalue weighted by Gasteiger charge is 2.43. The van der Waals surface area contributed by atoms with Gasteiger partial charge in [-0.1, -0.05) is 37.0 Å². The smallest absolute Gasteiger partial charge is 0.232 e. The lowest BCUT2D eigenvalue weighted by atomic mass is 9.88. The Kier molecular flexibility index (Phi) is 4.63. The molecule has 3 aromatic rings. The Hall–Kier alpha value is -2.38. The van der Waals surface area contributed by atoms with Crippen molar-refractivity contribution in [1.82, 2.24) is 19.6 Å². The normalized spacial score (nSPS) is 20.0. The number of carbonyl (C=O) groups excluding carboxylic acids is 1. The molecule has 1 aliphatic heterocycles. The molecular formula is C21H22Cl2N6O. The van der Waals surface area contributed by atoms with Crippen molar-refractivity contribution in [2.24, 2.45) is 0 Å². The number of halogens is 2. The minimum Gasteiger partial charge on any atom is -0.355 e. The fourth-order valence-corrected chi connectivity index (χ4v) is 5.15. The number of carbonyl (C=O) groups is 1. The first-order chi connectivity index (χ1) is 14.3. The summed E-state index contributed by atoms with van der Waals surface area (Å²) in [7, 11) is 0. The maximum atomic E-state index is 13.2. The summed E-state index contributed by atoms with van der Waals surface area (Å²) in [6.07, 6.45) is 6.39. The van der Waals surface area contributed by atoms with E-state index >= 15 is 0 Å². The van der Waals surface area contributed by atoms with E-state index in [9.17, 15) is 4.79 Å². The predicted molar refractivity (Wildman–Crippen MR) is 118 cm³/mol. The Morgan fingerprint density at radius 1 is 1.17 bits per heavy atom. The van der Waals surface area contributed by atoms with Crippen LogP contribution < -0.4 is 10.2 Å². The molecule has 7 nitrogen and oxygen atoms in total. The van der Waals surface area contributed by atoms with Crippen molar-refractivity contribution in [3.05, 3.63) is 46.0 Å². The van der Waals surface area contributed by atoms with Crippen molar-refractivity contribution in [1.29, 1.82) is 0 Å². The van der Waals surface area contributed by atoms with Gasteiger partial charge in [0.2, 0.25) is 5.91 Å². The standard InChI is InChI=1S/C21H22Cl2N6O/c1-21(2)9-13(14-11-24-17-8-16(23)27-29(17)18(14)21)20(30)26-12-7-15(22)19(25-10-12)28-5-3-4-6-28/h7-8,10-11,13H,3-6,9H2,1-2H3,(H,26,30)/t13-/m1/s1. The Labute approximate surface area is 184 Å². The van der Waals surface area contributed by atoms with Gasteiger partial charge in [-0.25, -0.2) is 14.5 Å². The lowest BCUT2D eigenvalue weighted by molar-refractivity contribution is -0.117. The molecule has 1 atom stereocenters. The highest BCUT2D eigenvalue weighted by Crippen LogP contribution is 2.46. The highest BCUT2D eigenvalue weighted by atomic mass is 35.5. The first-order valence-corrected chi connectivity index (χ1v) is 10.8. The predicted octanol–water partition coefficient (Wildman–Crippen LogP) is 4.43. The molecule has 5 rings (SSSR count). The fourth-order valence-electron chi connectivity index (χ4n) is 4.69. The van der Waals surface area contributed by atoms with E-state index in [0.717, 1.165) is 43.0 Å². The van der Waals surface area contributed by atoms with Crippen LogP contribution in [0.4, 0.5) is 11.5 Å². The lowest BCUT2D eigenvalue weighted by Crippen LogP contribution is -2.22. The zero-order chi connectivity index (χ0) is 21.0. The summed E-state index contributed by atoms with van der Waals surface area (Å²) < 4.78 is 1.76. The third kappa shape index (κ3) is 3.20. The van der Waals surface area contributed by atoms with Crippen molar-refractivity contribution in [3.8, 4) is 0 Å². The molecule has 0 aromatic carbocycles. The van der Waals surface area contributed by atoms with Gasteiger partial charge < -0.3 is 10.2 Å². The maximum Gasteiger partial charge on any atom is 0.232 e. The second-order valence-electron chi connectivity index (χ2n) is 8.65. The van der Waals surface area contributed by atoms with E-state index in [0.29, 0.717) is 27.9 Å². The molecule has 1 aliphatic carbocycles. The van der Waals surface area contributed by atoms with Crippen molar-refractivity contribution in [3.63, 3.8) is 0 Å². The van der Waals surface area contributed by atoms with Crippen LogP contribution in [-0.4, -0.2) is 38.6 Å². The fraction of sp³-hybridized carbons (Fsp3) is 0.429. The van der Waals surface area contributed by atoms with Crippen molar-refractivity contribution < 1.29 is 4.79 Å². The molecule has 0 unspecified atom stereocenters. The summed E-state index contributed by atoms with van der Waals surface area (Å²) in [5.74, 6) is 0.335. The van der Waals surface area contributed by atoms with Crippen molar-refractivity contribution in [2.75, 3.05) is 23.3 Å². The number of pyridine rings is 1. The van der Waals surface area contributed by atoms with Gasteiger partial charge in [-0.15, -0.1) is 0 Å². The topological polar surface area (TPSA) is 75.4 Å². The average Bonchev–Trinajstić information content (AvgIpc) is 3.39. The van der Waals surface area contributed by atoms with Crippen LogP contribution in [0.5, 0.6) is 0 Å². The van der Waals surface area contributed by atoms with E-state index in [1.165, 1.54) is 0 Å². The zero-order valence-corrected chi connectivity index (χ0v) is 18.3. The van der Waals surface area contributed by atoms with Crippen molar-refractivity contribution >= 4 is 46.3 Å². The number of anilines is 2. The van der Waals surface area contributed by atoms with E-state index in [-0.39, 0.29) is 17.2 Å². The van der Waals surface area contributed by atoms with Crippen LogP contribution in [0.25, 0.3) is 5.65 Å². The summed E-state index contributed by atoms with van der Waals surface area (Å²) in [5.41, 5.74) is 2.87. The van der Waals surface area contributed by atoms with Crippen LogP contribution in [0.1, 0.15) is 50.3 Å². The number of amides is 1. The molecule has 1 N–H and O–H groups in total. The van der Waals surface area contributed by atoms with Gasteiger partial charge in [-0.05, 0) is 25.3 Å². The number of hydrogen-bond donors (Lipinski definition) is 1. The van der Waals surface area contributed by atoms with Crippen LogP contribution in [0.15, 0.2) is 24.5 Å². The van der Waals surface area contributed by atoms with Crippen molar-refractivity contribution in [2.45, 2.75) is 44.4 Å². The summed E-state index contributed by atoms with van der Waals surface area (Å²) in [5, 5.41) is 8.30. The van der Waals surface area contributed by atoms with Crippen LogP contribution >= 0.6 is 23.2 Å². The molecule has 30 heavy (non-hydrogen) atoms. The van der Waals surface area contributed by atoms with Gasteiger partial charge in [-0.2, -0.15) is 5.10 Å². The molecule has 3 aromatic heterocycles. The second-order valence-corrected chi connectivity index (χ2v) is 9.45. The molecular weight excluding hydrogens is 423 g/mol. The Morgan fingerprint density at radius 3 is 2.67 bits per heavy atom. The number of hydrogen-bond acceptors (Lipinski definition) is 5. The van der Waals surface area contributed by atoms with Gasteiger partial charge in [0.05, 0.1) is 28.5 Å². The van der Waals surface area contributed by atoms with Crippen LogP contribution in [0.3, 0.4) is 0 Å². The summed E-state index contributed by atoms with van der Waals surface area (Å²) >= 11 is 12.5. The minimum absolute atomic E-state index is 0.104. The second kappa shape index (κ2) is 7.10.